The smallest absolute Gasteiger partial charge is 0.259 e. The van der Waals surface area contributed by atoms with Crippen molar-refractivity contribution in [3.63, 3.8) is 0 Å². The second kappa shape index (κ2) is 7.52. The van der Waals surface area contributed by atoms with Crippen molar-refractivity contribution in [1.29, 1.82) is 0 Å². The third-order valence-electron chi connectivity index (χ3n) is 5.33. The van der Waals surface area contributed by atoms with E-state index in [1.165, 1.54) is 0 Å². The molecule has 1 amide bonds. The Labute approximate surface area is 158 Å². The Kier molecular flexibility index (Phi) is 4.94. The van der Waals surface area contributed by atoms with Crippen LogP contribution in [0.3, 0.4) is 0 Å². The number of carbonyl (C=O) groups excluding carboxylic acids is 1. The van der Waals surface area contributed by atoms with Crippen LogP contribution in [0.25, 0.3) is 5.65 Å². The van der Waals surface area contributed by atoms with Gasteiger partial charge in [-0.05, 0) is 38.1 Å². The lowest BCUT2D eigenvalue weighted by molar-refractivity contribution is 0.0721. The first kappa shape index (κ1) is 17.7. The van der Waals surface area contributed by atoms with Crippen molar-refractivity contribution in [2.24, 2.45) is 0 Å². The maximum absolute atomic E-state index is 13.2. The van der Waals surface area contributed by atoms with Gasteiger partial charge in [0.1, 0.15) is 11.3 Å². The van der Waals surface area contributed by atoms with E-state index in [9.17, 15) is 4.79 Å². The van der Waals surface area contributed by atoms with Gasteiger partial charge in [0.25, 0.3) is 5.91 Å². The van der Waals surface area contributed by atoms with Gasteiger partial charge in [-0.3, -0.25) is 9.69 Å². The van der Waals surface area contributed by atoms with Crippen molar-refractivity contribution >= 4 is 11.6 Å². The van der Waals surface area contributed by atoms with Gasteiger partial charge >= 0.3 is 0 Å². The minimum absolute atomic E-state index is 0.00982. The molecule has 0 aromatic carbocycles. The fraction of sp³-hybridized carbons (Fsp3) is 0.450. The lowest BCUT2D eigenvalue weighted by Crippen LogP contribution is -2.30. The van der Waals surface area contributed by atoms with Crippen LogP contribution in [0, 0.1) is 0 Å². The molecule has 0 radical (unpaired) electrons. The summed E-state index contributed by atoms with van der Waals surface area (Å²) in [6, 6.07) is 3.79. The van der Waals surface area contributed by atoms with E-state index in [1.807, 2.05) is 29.4 Å². The standard InChI is InChI=1S/C20H25N5O2/c1-3-23(4-2)13-15-11-21-19-16(12-22-25(19)14-15)20(26)24-9-5-7-17(24)18-8-6-10-27-18/h6,8,10-12,14,17H,3-5,7,9,13H2,1-2H3/t17-/m0/s1. The highest BCUT2D eigenvalue weighted by Gasteiger charge is 2.33. The Hall–Kier alpha value is -2.67. The monoisotopic (exact) mass is 367 g/mol. The van der Waals surface area contributed by atoms with Crippen LogP contribution in [0.1, 0.15) is 54.4 Å². The lowest BCUT2D eigenvalue weighted by Gasteiger charge is -2.22. The topological polar surface area (TPSA) is 66.9 Å². The molecule has 4 heterocycles. The van der Waals surface area contributed by atoms with Gasteiger partial charge in [0.15, 0.2) is 5.65 Å². The van der Waals surface area contributed by atoms with Gasteiger partial charge in [-0.15, -0.1) is 0 Å². The maximum Gasteiger partial charge on any atom is 0.259 e. The van der Waals surface area contributed by atoms with Crippen LogP contribution in [-0.4, -0.2) is 49.9 Å². The fourth-order valence-corrected chi connectivity index (χ4v) is 3.79. The molecule has 1 saturated heterocycles. The summed E-state index contributed by atoms with van der Waals surface area (Å²) >= 11 is 0. The molecule has 142 valence electrons. The molecule has 1 atom stereocenters. The minimum Gasteiger partial charge on any atom is -0.467 e. The molecule has 1 aliphatic heterocycles. The van der Waals surface area contributed by atoms with Gasteiger partial charge in [0.2, 0.25) is 0 Å². The maximum atomic E-state index is 13.2. The summed E-state index contributed by atoms with van der Waals surface area (Å²) in [4.78, 5) is 21.9. The summed E-state index contributed by atoms with van der Waals surface area (Å²) in [5, 5.41) is 4.38. The van der Waals surface area contributed by atoms with Crippen LogP contribution in [-0.2, 0) is 6.54 Å². The Morgan fingerprint density at radius 2 is 2.19 bits per heavy atom. The van der Waals surface area contributed by atoms with Crippen LogP contribution in [0.2, 0.25) is 0 Å². The van der Waals surface area contributed by atoms with Gasteiger partial charge in [-0.2, -0.15) is 5.10 Å². The highest BCUT2D eigenvalue weighted by atomic mass is 16.3. The van der Waals surface area contributed by atoms with Crippen LogP contribution >= 0.6 is 0 Å². The van der Waals surface area contributed by atoms with Gasteiger partial charge in [0.05, 0.1) is 18.5 Å². The van der Waals surface area contributed by atoms with Gasteiger partial charge in [-0.25, -0.2) is 9.50 Å². The predicted octanol–water partition coefficient (Wildman–Crippen LogP) is 3.14. The molecule has 0 spiro atoms. The van der Waals surface area contributed by atoms with Crippen LogP contribution < -0.4 is 0 Å². The molecule has 0 saturated carbocycles. The normalized spacial score (nSPS) is 17.3. The third-order valence-corrected chi connectivity index (χ3v) is 5.33. The highest BCUT2D eigenvalue weighted by molar-refractivity contribution is 6.00. The predicted molar refractivity (Wildman–Crippen MR) is 101 cm³/mol. The van der Waals surface area contributed by atoms with E-state index < -0.39 is 0 Å². The summed E-state index contributed by atoms with van der Waals surface area (Å²) in [6.07, 6.45) is 8.98. The molecule has 3 aromatic rings. The molecule has 27 heavy (non-hydrogen) atoms. The zero-order chi connectivity index (χ0) is 18.8. The molecule has 0 unspecified atom stereocenters. The molecular formula is C20H25N5O2. The summed E-state index contributed by atoms with van der Waals surface area (Å²) < 4.78 is 7.25. The number of fused-ring (bicyclic) bond motifs is 1. The second-order valence-corrected chi connectivity index (χ2v) is 6.92. The first-order valence-corrected chi connectivity index (χ1v) is 9.60. The zero-order valence-electron chi connectivity index (χ0n) is 15.8. The van der Waals surface area contributed by atoms with Crippen molar-refractivity contribution in [2.75, 3.05) is 19.6 Å². The van der Waals surface area contributed by atoms with Gasteiger partial charge < -0.3 is 9.32 Å². The Morgan fingerprint density at radius 1 is 1.33 bits per heavy atom. The SMILES string of the molecule is CCN(CC)Cc1cnc2c(C(=O)N3CCC[C@H]3c3ccco3)cnn2c1. The van der Waals surface area contributed by atoms with Crippen LogP contribution in [0.5, 0.6) is 0 Å². The molecule has 0 aliphatic carbocycles. The quantitative estimate of drug-likeness (QED) is 0.670. The van der Waals surface area contributed by atoms with E-state index in [0.29, 0.717) is 11.2 Å². The molecule has 1 aliphatic rings. The number of furan rings is 1. The van der Waals surface area contributed by atoms with E-state index in [4.69, 9.17) is 4.42 Å². The van der Waals surface area contributed by atoms with Crippen molar-refractivity contribution < 1.29 is 9.21 Å². The fourth-order valence-electron chi connectivity index (χ4n) is 3.79. The van der Waals surface area contributed by atoms with Crippen molar-refractivity contribution in [2.45, 2.75) is 39.3 Å². The molecular weight excluding hydrogens is 342 g/mol. The number of rotatable bonds is 6. The Morgan fingerprint density at radius 3 is 2.93 bits per heavy atom. The van der Waals surface area contributed by atoms with E-state index >= 15 is 0 Å². The molecule has 0 bridgehead atoms. The molecule has 7 heteroatoms. The molecule has 1 fully saturated rings. The summed E-state index contributed by atoms with van der Waals surface area (Å²) in [6.45, 7) is 7.81. The van der Waals surface area contributed by atoms with Crippen LogP contribution in [0.4, 0.5) is 0 Å². The van der Waals surface area contributed by atoms with E-state index in [-0.39, 0.29) is 11.9 Å². The van der Waals surface area contributed by atoms with E-state index in [2.05, 4.69) is 28.8 Å². The molecule has 7 nitrogen and oxygen atoms in total. The van der Waals surface area contributed by atoms with E-state index in [0.717, 1.165) is 50.3 Å². The molecule has 4 rings (SSSR count). The van der Waals surface area contributed by atoms with Crippen LogP contribution in [0.15, 0.2) is 41.4 Å². The molecule has 3 aromatic heterocycles. The summed E-state index contributed by atoms with van der Waals surface area (Å²) in [5.41, 5.74) is 2.24. The number of aromatic nitrogens is 3. The summed E-state index contributed by atoms with van der Waals surface area (Å²) in [7, 11) is 0. The number of nitrogens with zero attached hydrogens (tertiary/aromatic N) is 5. The Balaban J connectivity index is 1.59. The van der Waals surface area contributed by atoms with Gasteiger partial charge in [-0.1, -0.05) is 13.8 Å². The summed E-state index contributed by atoms with van der Waals surface area (Å²) in [5.74, 6) is 0.805. The lowest BCUT2D eigenvalue weighted by atomic mass is 10.1. The largest absolute Gasteiger partial charge is 0.467 e. The highest BCUT2D eigenvalue weighted by Crippen LogP contribution is 2.33. The average molecular weight is 367 g/mol. The first-order chi connectivity index (χ1) is 13.2. The first-order valence-electron chi connectivity index (χ1n) is 9.60. The van der Waals surface area contributed by atoms with Crippen molar-refractivity contribution in [3.05, 3.63) is 53.9 Å². The minimum atomic E-state index is -0.0344. The van der Waals surface area contributed by atoms with E-state index in [1.54, 1.807) is 17.0 Å². The number of amides is 1. The number of hydrogen-bond acceptors (Lipinski definition) is 5. The second-order valence-electron chi connectivity index (χ2n) is 6.92. The number of carbonyl (C=O) groups is 1. The Bertz CT molecular complexity index is 914. The molecule has 0 N–H and O–H groups in total. The van der Waals surface area contributed by atoms with Crippen molar-refractivity contribution in [3.8, 4) is 0 Å². The van der Waals surface area contributed by atoms with Gasteiger partial charge in [0, 0.05) is 31.0 Å². The number of likely N-dealkylation sites (tertiary alicyclic amines) is 1. The zero-order valence-corrected chi connectivity index (χ0v) is 15.8. The third kappa shape index (κ3) is 3.35. The number of hydrogen-bond donors (Lipinski definition) is 0. The van der Waals surface area contributed by atoms with Crippen molar-refractivity contribution in [1.82, 2.24) is 24.4 Å². The average Bonchev–Trinajstić information content (AvgIpc) is 3.44.